The van der Waals surface area contributed by atoms with Crippen molar-refractivity contribution in [3.05, 3.63) is 35.4 Å². The molecule has 4 N–H and O–H groups in total. The fourth-order valence-corrected chi connectivity index (χ4v) is 1.39. The van der Waals surface area contributed by atoms with Crippen LogP contribution in [0.25, 0.3) is 0 Å². The fourth-order valence-electron chi connectivity index (χ4n) is 1.39. The van der Waals surface area contributed by atoms with Crippen molar-refractivity contribution < 1.29 is 23.5 Å². The standard InChI is InChI=1S/C12H15F2N3O3/c13-10(14)7-20-5-4-16-12(18)9-3-1-2-8(6-9)11(15)17-19/h1-3,6,10,19H,4-5,7H2,(H2,15,17)(H,16,18). The normalized spacial score (nSPS) is 11.7. The van der Waals surface area contributed by atoms with Gasteiger partial charge in [-0.1, -0.05) is 17.3 Å². The lowest BCUT2D eigenvalue weighted by Crippen LogP contribution is -2.28. The Bertz CT molecular complexity index is 481. The van der Waals surface area contributed by atoms with Crippen molar-refractivity contribution in [1.29, 1.82) is 0 Å². The number of amidine groups is 1. The number of halogens is 2. The number of ether oxygens (including phenoxy) is 1. The number of amides is 1. The lowest BCUT2D eigenvalue weighted by atomic mass is 10.1. The molecule has 1 aromatic carbocycles. The van der Waals surface area contributed by atoms with Gasteiger partial charge in [-0.2, -0.15) is 0 Å². The molecule has 20 heavy (non-hydrogen) atoms. The maximum absolute atomic E-state index is 11.8. The first-order valence-corrected chi connectivity index (χ1v) is 5.76. The summed E-state index contributed by atoms with van der Waals surface area (Å²) < 4.78 is 28.2. The van der Waals surface area contributed by atoms with E-state index < -0.39 is 18.9 Å². The monoisotopic (exact) mass is 287 g/mol. The number of benzene rings is 1. The lowest BCUT2D eigenvalue weighted by Gasteiger charge is -2.07. The van der Waals surface area contributed by atoms with Crippen LogP contribution in [0.1, 0.15) is 15.9 Å². The van der Waals surface area contributed by atoms with Crippen molar-refractivity contribution >= 4 is 11.7 Å². The SMILES string of the molecule is N/C(=N/O)c1cccc(C(=O)NCCOCC(F)F)c1. The summed E-state index contributed by atoms with van der Waals surface area (Å²) in [6.07, 6.45) is -2.52. The summed E-state index contributed by atoms with van der Waals surface area (Å²) in [5.41, 5.74) is 6.11. The number of nitrogens with zero attached hydrogens (tertiary/aromatic N) is 1. The molecule has 1 amide bonds. The molecular formula is C12H15F2N3O3. The van der Waals surface area contributed by atoms with E-state index in [2.05, 4.69) is 15.2 Å². The molecule has 0 atom stereocenters. The van der Waals surface area contributed by atoms with E-state index in [-0.39, 0.29) is 19.0 Å². The first-order valence-electron chi connectivity index (χ1n) is 5.76. The molecule has 0 unspecified atom stereocenters. The molecule has 1 rings (SSSR count). The van der Waals surface area contributed by atoms with Gasteiger partial charge in [0.1, 0.15) is 6.61 Å². The number of nitrogens with one attached hydrogen (secondary N) is 1. The summed E-state index contributed by atoms with van der Waals surface area (Å²) in [6, 6.07) is 6.15. The summed E-state index contributed by atoms with van der Waals surface area (Å²) in [6.45, 7) is -0.551. The summed E-state index contributed by atoms with van der Waals surface area (Å²) in [7, 11) is 0. The third kappa shape index (κ3) is 5.19. The molecule has 0 heterocycles. The molecule has 0 aliphatic carbocycles. The van der Waals surface area contributed by atoms with Gasteiger partial charge in [0.15, 0.2) is 5.84 Å². The number of nitrogens with two attached hydrogens (primary N) is 1. The molecule has 0 aromatic heterocycles. The van der Waals surface area contributed by atoms with E-state index in [9.17, 15) is 13.6 Å². The molecule has 0 spiro atoms. The highest BCUT2D eigenvalue weighted by Crippen LogP contribution is 2.05. The van der Waals surface area contributed by atoms with Gasteiger partial charge in [-0.25, -0.2) is 8.78 Å². The second kappa shape index (κ2) is 8.05. The Morgan fingerprint density at radius 2 is 2.15 bits per heavy atom. The molecule has 0 radical (unpaired) electrons. The van der Waals surface area contributed by atoms with Crippen LogP contribution < -0.4 is 11.1 Å². The van der Waals surface area contributed by atoms with Crippen LogP contribution in [0.15, 0.2) is 29.4 Å². The number of rotatable bonds is 7. The Balaban J connectivity index is 2.47. The van der Waals surface area contributed by atoms with Crippen molar-refractivity contribution in [1.82, 2.24) is 5.32 Å². The second-order valence-electron chi connectivity index (χ2n) is 3.79. The quantitative estimate of drug-likeness (QED) is 0.227. The first kappa shape index (κ1) is 15.8. The van der Waals surface area contributed by atoms with E-state index in [1.54, 1.807) is 18.2 Å². The van der Waals surface area contributed by atoms with Crippen LogP contribution in [0.4, 0.5) is 8.78 Å². The zero-order valence-electron chi connectivity index (χ0n) is 10.6. The lowest BCUT2D eigenvalue weighted by molar-refractivity contribution is 0.0188. The minimum absolute atomic E-state index is 0.00396. The van der Waals surface area contributed by atoms with Crippen LogP contribution >= 0.6 is 0 Å². The van der Waals surface area contributed by atoms with Crippen LogP contribution in [0.3, 0.4) is 0 Å². The van der Waals surface area contributed by atoms with Crippen LogP contribution in [-0.4, -0.2) is 43.1 Å². The maximum Gasteiger partial charge on any atom is 0.261 e. The van der Waals surface area contributed by atoms with Crippen molar-refractivity contribution in [3.8, 4) is 0 Å². The third-order valence-electron chi connectivity index (χ3n) is 2.30. The number of hydrogen-bond acceptors (Lipinski definition) is 4. The van der Waals surface area contributed by atoms with Crippen molar-refractivity contribution in [2.45, 2.75) is 6.43 Å². The van der Waals surface area contributed by atoms with Crippen LogP contribution in [0.5, 0.6) is 0 Å². The van der Waals surface area contributed by atoms with Gasteiger partial charge in [-0.15, -0.1) is 0 Å². The minimum Gasteiger partial charge on any atom is -0.409 e. The van der Waals surface area contributed by atoms with Crippen molar-refractivity contribution in [2.24, 2.45) is 10.9 Å². The number of carbonyl (C=O) groups is 1. The summed E-state index contributed by atoms with van der Waals surface area (Å²) >= 11 is 0. The highest BCUT2D eigenvalue weighted by atomic mass is 19.3. The number of oxime groups is 1. The molecular weight excluding hydrogens is 272 g/mol. The Kier molecular flexibility index (Phi) is 6.38. The van der Waals surface area contributed by atoms with Gasteiger partial charge in [-0.05, 0) is 12.1 Å². The van der Waals surface area contributed by atoms with Gasteiger partial charge >= 0.3 is 0 Å². The first-order chi connectivity index (χ1) is 9.54. The molecule has 1 aromatic rings. The molecule has 0 saturated carbocycles. The average molecular weight is 287 g/mol. The van der Waals surface area contributed by atoms with Gasteiger partial charge in [0, 0.05) is 17.7 Å². The van der Waals surface area contributed by atoms with Crippen LogP contribution in [0, 0.1) is 0 Å². The largest absolute Gasteiger partial charge is 0.409 e. The highest BCUT2D eigenvalue weighted by molar-refractivity contribution is 6.01. The minimum atomic E-state index is -2.52. The van der Waals surface area contributed by atoms with E-state index in [0.717, 1.165) is 0 Å². The zero-order chi connectivity index (χ0) is 15.0. The van der Waals surface area contributed by atoms with E-state index >= 15 is 0 Å². The van der Waals surface area contributed by atoms with E-state index in [0.29, 0.717) is 11.1 Å². The summed E-state index contributed by atoms with van der Waals surface area (Å²) in [4.78, 5) is 11.7. The smallest absolute Gasteiger partial charge is 0.261 e. The predicted octanol–water partition coefficient (Wildman–Crippen LogP) is 0.793. The summed E-state index contributed by atoms with van der Waals surface area (Å²) in [5, 5.41) is 13.9. The van der Waals surface area contributed by atoms with Crippen molar-refractivity contribution in [2.75, 3.05) is 19.8 Å². The van der Waals surface area contributed by atoms with Crippen molar-refractivity contribution in [3.63, 3.8) is 0 Å². The van der Waals surface area contributed by atoms with Gasteiger partial charge in [-0.3, -0.25) is 4.79 Å². The Morgan fingerprint density at radius 1 is 1.45 bits per heavy atom. The topological polar surface area (TPSA) is 96.9 Å². The summed E-state index contributed by atoms with van der Waals surface area (Å²) in [5.74, 6) is -0.516. The number of carbonyl (C=O) groups excluding carboxylic acids is 1. The number of hydrogen-bond donors (Lipinski definition) is 3. The van der Waals surface area contributed by atoms with E-state index in [1.807, 2.05) is 0 Å². The maximum atomic E-state index is 11.8. The van der Waals surface area contributed by atoms with E-state index in [4.69, 9.17) is 10.9 Å². The molecule has 110 valence electrons. The Labute approximate surface area is 114 Å². The van der Waals surface area contributed by atoms with Crippen LogP contribution in [-0.2, 0) is 4.74 Å². The molecule has 8 heteroatoms. The molecule has 0 aliphatic rings. The molecule has 0 aliphatic heterocycles. The molecule has 0 fully saturated rings. The fraction of sp³-hybridized carbons (Fsp3) is 0.333. The van der Waals surface area contributed by atoms with Crippen LogP contribution in [0.2, 0.25) is 0 Å². The zero-order valence-corrected chi connectivity index (χ0v) is 10.6. The Hall–Kier alpha value is -2.22. The highest BCUT2D eigenvalue weighted by Gasteiger charge is 2.08. The molecule has 6 nitrogen and oxygen atoms in total. The predicted molar refractivity (Wildman–Crippen MR) is 68.1 cm³/mol. The molecule has 0 bridgehead atoms. The third-order valence-corrected chi connectivity index (χ3v) is 2.30. The Morgan fingerprint density at radius 3 is 2.80 bits per heavy atom. The van der Waals surface area contributed by atoms with Gasteiger partial charge in [0.05, 0.1) is 6.61 Å². The van der Waals surface area contributed by atoms with Gasteiger partial charge < -0.3 is 21.0 Å². The van der Waals surface area contributed by atoms with E-state index in [1.165, 1.54) is 6.07 Å². The second-order valence-corrected chi connectivity index (χ2v) is 3.79. The number of alkyl halides is 2. The van der Waals surface area contributed by atoms with Gasteiger partial charge in [0.25, 0.3) is 12.3 Å². The van der Waals surface area contributed by atoms with Gasteiger partial charge in [0.2, 0.25) is 0 Å². The average Bonchev–Trinajstić information content (AvgIpc) is 2.45. The molecule has 0 saturated heterocycles.